The second-order valence-corrected chi connectivity index (χ2v) is 4.40. The fraction of sp³-hybridized carbons (Fsp3) is 0.692. The van der Waals surface area contributed by atoms with E-state index in [0.29, 0.717) is 19.0 Å². The Morgan fingerprint density at radius 1 is 1.28 bits per heavy atom. The van der Waals surface area contributed by atoms with E-state index in [2.05, 4.69) is 29.1 Å². The molecule has 5 nitrogen and oxygen atoms in total. The lowest BCUT2D eigenvalue weighted by atomic mass is 9.93. The zero-order valence-electron chi connectivity index (χ0n) is 11.8. The molecule has 0 spiro atoms. The third kappa shape index (κ3) is 3.10. The number of rotatable bonds is 7. The van der Waals surface area contributed by atoms with Gasteiger partial charge in [-0.15, -0.1) is 0 Å². The molecule has 102 valence electrons. The molecular formula is C13H24N4O. The van der Waals surface area contributed by atoms with Gasteiger partial charge >= 0.3 is 0 Å². The molecule has 0 unspecified atom stereocenters. The van der Waals surface area contributed by atoms with Gasteiger partial charge in [0.1, 0.15) is 12.1 Å². The summed E-state index contributed by atoms with van der Waals surface area (Å²) in [5, 5.41) is 3.45. The highest BCUT2D eigenvalue weighted by Gasteiger charge is 2.25. The molecule has 0 aliphatic rings. The molecule has 0 fully saturated rings. The number of anilines is 1. The van der Waals surface area contributed by atoms with Gasteiger partial charge in [0.15, 0.2) is 0 Å². The van der Waals surface area contributed by atoms with Gasteiger partial charge in [0.2, 0.25) is 5.88 Å². The SMILES string of the molecule is CCOc1ncnc(NC(CC)(CC)CN)c1C. The normalized spacial score (nSPS) is 11.4. The van der Waals surface area contributed by atoms with Crippen LogP contribution in [0, 0.1) is 6.92 Å². The molecule has 1 aromatic rings. The first-order valence-electron chi connectivity index (χ1n) is 6.55. The minimum atomic E-state index is -0.109. The number of nitrogens with two attached hydrogens (primary N) is 1. The number of nitrogens with zero attached hydrogens (tertiary/aromatic N) is 2. The summed E-state index contributed by atoms with van der Waals surface area (Å²) in [5.74, 6) is 1.44. The number of nitrogens with one attached hydrogen (secondary N) is 1. The van der Waals surface area contributed by atoms with Crippen LogP contribution >= 0.6 is 0 Å². The highest BCUT2D eigenvalue weighted by Crippen LogP contribution is 2.26. The third-order valence-electron chi connectivity index (χ3n) is 3.45. The minimum absolute atomic E-state index is 0.109. The first kappa shape index (κ1) is 14.7. The maximum Gasteiger partial charge on any atom is 0.221 e. The quantitative estimate of drug-likeness (QED) is 0.777. The van der Waals surface area contributed by atoms with Gasteiger partial charge in [0.05, 0.1) is 17.7 Å². The highest BCUT2D eigenvalue weighted by atomic mass is 16.5. The van der Waals surface area contributed by atoms with Gasteiger partial charge in [-0.1, -0.05) is 13.8 Å². The molecule has 5 heteroatoms. The standard InChI is InChI=1S/C13H24N4O/c1-5-13(6-2,8-14)17-11-10(4)12(18-7-3)16-9-15-11/h9H,5-8,14H2,1-4H3,(H,15,16,17). The van der Waals surface area contributed by atoms with Gasteiger partial charge in [-0.05, 0) is 26.7 Å². The van der Waals surface area contributed by atoms with Gasteiger partial charge in [-0.25, -0.2) is 9.97 Å². The predicted molar refractivity (Wildman–Crippen MR) is 73.9 cm³/mol. The minimum Gasteiger partial charge on any atom is -0.478 e. The van der Waals surface area contributed by atoms with Crippen LogP contribution in [0.3, 0.4) is 0 Å². The Morgan fingerprint density at radius 2 is 1.94 bits per heavy atom. The van der Waals surface area contributed by atoms with Gasteiger partial charge in [0, 0.05) is 6.54 Å². The topological polar surface area (TPSA) is 73.1 Å². The summed E-state index contributed by atoms with van der Waals surface area (Å²) >= 11 is 0. The molecule has 0 bridgehead atoms. The molecule has 0 aromatic carbocycles. The van der Waals surface area contributed by atoms with Gasteiger partial charge in [-0.2, -0.15) is 0 Å². The molecule has 0 atom stereocenters. The lowest BCUT2D eigenvalue weighted by molar-refractivity contribution is 0.323. The van der Waals surface area contributed by atoms with Crippen LogP contribution in [0.1, 0.15) is 39.2 Å². The number of ether oxygens (including phenoxy) is 1. The molecular weight excluding hydrogens is 228 g/mol. The van der Waals surface area contributed by atoms with Crippen LogP contribution in [0.15, 0.2) is 6.33 Å². The summed E-state index contributed by atoms with van der Waals surface area (Å²) in [6, 6.07) is 0. The van der Waals surface area contributed by atoms with Crippen molar-refractivity contribution in [3.8, 4) is 5.88 Å². The van der Waals surface area contributed by atoms with E-state index >= 15 is 0 Å². The van der Waals surface area contributed by atoms with Crippen molar-refractivity contribution < 1.29 is 4.74 Å². The zero-order valence-corrected chi connectivity index (χ0v) is 11.8. The number of aromatic nitrogens is 2. The molecule has 0 amide bonds. The largest absolute Gasteiger partial charge is 0.478 e. The lowest BCUT2D eigenvalue weighted by Crippen LogP contribution is -2.44. The van der Waals surface area contributed by atoms with Crippen molar-refractivity contribution in [2.45, 2.75) is 46.1 Å². The molecule has 0 radical (unpaired) electrons. The van der Waals surface area contributed by atoms with Gasteiger partial charge in [0.25, 0.3) is 0 Å². The van der Waals surface area contributed by atoms with Crippen molar-refractivity contribution >= 4 is 5.82 Å². The van der Waals surface area contributed by atoms with Crippen molar-refractivity contribution in [2.75, 3.05) is 18.5 Å². The lowest BCUT2D eigenvalue weighted by Gasteiger charge is -2.32. The van der Waals surface area contributed by atoms with E-state index in [4.69, 9.17) is 10.5 Å². The average Bonchev–Trinajstić information content (AvgIpc) is 2.41. The molecule has 0 aliphatic heterocycles. The van der Waals surface area contributed by atoms with Crippen LogP contribution in [-0.2, 0) is 0 Å². The Hall–Kier alpha value is -1.36. The molecule has 1 aromatic heterocycles. The van der Waals surface area contributed by atoms with E-state index in [0.717, 1.165) is 24.2 Å². The summed E-state index contributed by atoms with van der Waals surface area (Å²) in [4.78, 5) is 8.42. The third-order valence-corrected chi connectivity index (χ3v) is 3.45. The van der Waals surface area contributed by atoms with E-state index in [-0.39, 0.29) is 5.54 Å². The van der Waals surface area contributed by atoms with Crippen molar-refractivity contribution in [1.29, 1.82) is 0 Å². The van der Waals surface area contributed by atoms with Crippen LogP contribution < -0.4 is 15.8 Å². The monoisotopic (exact) mass is 252 g/mol. The van der Waals surface area contributed by atoms with Crippen LogP contribution in [-0.4, -0.2) is 28.7 Å². The Kier molecular flexibility index (Phi) is 5.34. The molecule has 0 saturated carbocycles. The van der Waals surface area contributed by atoms with Crippen LogP contribution in [0.4, 0.5) is 5.82 Å². The maximum atomic E-state index is 5.89. The average molecular weight is 252 g/mol. The molecule has 3 N–H and O–H groups in total. The second-order valence-electron chi connectivity index (χ2n) is 4.40. The Labute approximate surface area is 109 Å². The summed E-state index contributed by atoms with van der Waals surface area (Å²) in [6.45, 7) is 9.33. The summed E-state index contributed by atoms with van der Waals surface area (Å²) in [6.07, 6.45) is 3.42. The summed E-state index contributed by atoms with van der Waals surface area (Å²) in [7, 11) is 0. The van der Waals surface area contributed by atoms with E-state index in [1.807, 2.05) is 13.8 Å². The Morgan fingerprint density at radius 3 is 2.44 bits per heavy atom. The van der Waals surface area contributed by atoms with Crippen molar-refractivity contribution in [1.82, 2.24) is 9.97 Å². The highest BCUT2D eigenvalue weighted by molar-refractivity contribution is 5.49. The Bertz CT molecular complexity index is 369. The van der Waals surface area contributed by atoms with Crippen LogP contribution in [0.2, 0.25) is 0 Å². The molecule has 1 rings (SSSR count). The second kappa shape index (κ2) is 6.54. The summed E-state index contributed by atoms with van der Waals surface area (Å²) < 4.78 is 5.47. The van der Waals surface area contributed by atoms with Gasteiger partial charge < -0.3 is 15.8 Å². The van der Waals surface area contributed by atoms with Gasteiger partial charge in [-0.3, -0.25) is 0 Å². The van der Waals surface area contributed by atoms with E-state index in [1.165, 1.54) is 6.33 Å². The first-order valence-corrected chi connectivity index (χ1v) is 6.55. The van der Waals surface area contributed by atoms with Crippen molar-refractivity contribution in [3.05, 3.63) is 11.9 Å². The zero-order chi connectivity index (χ0) is 13.6. The van der Waals surface area contributed by atoms with E-state index in [1.54, 1.807) is 0 Å². The Balaban J connectivity index is 2.99. The fourth-order valence-corrected chi connectivity index (χ4v) is 1.86. The number of hydrogen-bond donors (Lipinski definition) is 2. The fourth-order valence-electron chi connectivity index (χ4n) is 1.86. The maximum absolute atomic E-state index is 5.89. The molecule has 1 heterocycles. The smallest absolute Gasteiger partial charge is 0.221 e. The van der Waals surface area contributed by atoms with E-state index in [9.17, 15) is 0 Å². The van der Waals surface area contributed by atoms with Crippen LogP contribution in [0.5, 0.6) is 5.88 Å². The molecule has 0 aliphatic carbocycles. The molecule has 0 saturated heterocycles. The predicted octanol–water partition coefficient (Wildman–Crippen LogP) is 2.11. The summed E-state index contributed by atoms with van der Waals surface area (Å²) in [5.41, 5.74) is 6.71. The van der Waals surface area contributed by atoms with E-state index < -0.39 is 0 Å². The van der Waals surface area contributed by atoms with Crippen molar-refractivity contribution in [2.24, 2.45) is 5.73 Å². The van der Waals surface area contributed by atoms with Crippen LogP contribution in [0.25, 0.3) is 0 Å². The number of hydrogen-bond acceptors (Lipinski definition) is 5. The molecule has 18 heavy (non-hydrogen) atoms. The first-order chi connectivity index (χ1) is 8.62. The van der Waals surface area contributed by atoms with Crippen molar-refractivity contribution in [3.63, 3.8) is 0 Å².